The van der Waals surface area contributed by atoms with Gasteiger partial charge in [-0.1, -0.05) is 0 Å². The van der Waals surface area contributed by atoms with Crippen molar-refractivity contribution in [1.29, 1.82) is 0 Å². The molecule has 8 heteroatoms. The Morgan fingerprint density at radius 3 is 2.71 bits per heavy atom. The Morgan fingerprint density at radius 1 is 1.29 bits per heavy atom. The highest BCUT2D eigenvalue weighted by Gasteiger charge is 2.20. The monoisotopic (exact) mass is 374 g/mol. The molecule has 0 atom stereocenters. The Labute approximate surface area is 131 Å². The van der Waals surface area contributed by atoms with Crippen molar-refractivity contribution in [1.82, 2.24) is 5.32 Å². The highest BCUT2D eigenvalue weighted by atomic mass is 79.9. The molecule has 0 fully saturated rings. The maximum atomic E-state index is 12.3. The molecule has 0 aliphatic rings. The molecule has 0 amide bonds. The summed E-state index contributed by atoms with van der Waals surface area (Å²) < 4.78 is 38.0. The maximum absolute atomic E-state index is 12.3. The average molecular weight is 375 g/mol. The third kappa shape index (κ3) is 3.78. The van der Waals surface area contributed by atoms with Gasteiger partial charge in [-0.15, -0.1) is 0 Å². The number of sulfonamides is 1. The summed E-state index contributed by atoms with van der Waals surface area (Å²) in [6.07, 6.45) is 0. The topological polar surface area (TPSA) is 80.6 Å². The van der Waals surface area contributed by atoms with Crippen LogP contribution >= 0.6 is 15.9 Å². The van der Waals surface area contributed by atoms with Crippen molar-refractivity contribution in [3.8, 4) is 5.75 Å². The third-order valence-electron chi connectivity index (χ3n) is 2.67. The summed E-state index contributed by atoms with van der Waals surface area (Å²) in [5, 5.41) is 2.75. The van der Waals surface area contributed by atoms with Crippen LogP contribution in [0.2, 0.25) is 0 Å². The van der Waals surface area contributed by atoms with E-state index in [0.29, 0.717) is 28.2 Å². The molecule has 1 heterocycles. The van der Waals surface area contributed by atoms with Crippen molar-refractivity contribution >= 4 is 31.6 Å². The first-order valence-corrected chi connectivity index (χ1v) is 8.33. The van der Waals surface area contributed by atoms with Crippen molar-refractivity contribution in [2.75, 3.05) is 18.9 Å². The van der Waals surface area contributed by atoms with Gasteiger partial charge < -0.3 is 14.5 Å². The summed E-state index contributed by atoms with van der Waals surface area (Å²) >= 11 is 3.29. The van der Waals surface area contributed by atoms with Gasteiger partial charge in [-0.25, -0.2) is 0 Å². The van der Waals surface area contributed by atoms with Crippen LogP contribution in [0.3, 0.4) is 0 Å². The quantitative estimate of drug-likeness (QED) is 0.811. The molecule has 114 valence electrons. The minimum Gasteiger partial charge on any atom is -0.497 e. The van der Waals surface area contributed by atoms with Crippen LogP contribution in [0.15, 0.2) is 44.3 Å². The van der Waals surface area contributed by atoms with Gasteiger partial charge in [-0.3, -0.25) is 4.72 Å². The predicted molar refractivity (Wildman–Crippen MR) is 83.0 cm³/mol. The minimum absolute atomic E-state index is 0.137. The van der Waals surface area contributed by atoms with Crippen LogP contribution in [-0.2, 0) is 16.6 Å². The normalized spacial score (nSPS) is 11.4. The van der Waals surface area contributed by atoms with Crippen LogP contribution < -0.4 is 14.8 Å². The number of methoxy groups -OCH3 is 1. The fourth-order valence-corrected chi connectivity index (χ4v) is 3.18. The Morgan fingerprint density at radius 2 is 2.05 bits per heavy atom. The van der Waals surface area contributed by atoms with E-state index in [-0.39, 0.29) is 5.09 Å². The smallest absolute Gasteiger partial charge is 0.295 e. The van der Waals surface area contributed by atoms with Crippen molar-refractivity contribution in [3.05, 3.63) is 40.6 Å². The van der Waals surface area contributed by atoms with Gasteiger partial charge in [-0.2, -0.15) is 8.42 Å². The summed E-state index contributed by atoms with van der Waals surface area (Å²) in [6.45, 7) is 0.457. The number of rotatable bonds is 6. The first-order chi connectivity index (χ1) is 9.96. The Bertz CT molecular complexity index is 728. The summed E-state index contributed by atoms with van der Waals surface area (Å²) in [6, 6.07) is 8.04. The average Bonchev–Trinajstić information content (AvgIpc) is 2.91. The fraction of sp³-hybridized carbons (Fsp3) is 0.231. The summed E-state index contributed by atoms with van der Waals surface area (Å²) in [5.74, 6) is 1.09. The molecular formula is C13H15BrN2O4S. The molecule has 1 aromatic heterocycles. The molecular weight excluding hydrogens is 360 g/mol. The molecule has 0 spiro atoms. The molecule has 0 unspecified atom stereocenters. The molecule has 2 aromatic rings. The second-order valence-corrected chi connectivity index (χ2v) is 6.67. The highest BCUT2D eigenvalue weighted by Crippen LogP contribution is 2.29. The molecule has 0 saturated carbocycles. The van der Waals surface area contributed by atoms with E-state index in [2.05, 4.69) is 26.0 Å². The fourth-order valence-electron chi connectivity index (χ4n) is 1.68. The lowest BCUT2D eigenvalue weighted by Gasteiger charge is -2.09. The number of halogens is 1. The van der Waals surface area contributed by atoms with Crippen molar-refractivity contribution in [2.45, 2.75) is 11.6 Å². The molecule has 0 saturated heterocycles. The third-order valence-corrected chi connectivity index (χ3v) is 4.60. The van der Waals surface area contributed by atoms with Gasteiger partial charge in [0.05, 0.1) is 19.3 Å². The van der Waals surface area contributed by atoms with Gasteiger partial charge >= 0.3 is 0 Å². The molecule has 1 aromatic carbocycles. The second-order valence-electron chi connectivity index (χ2n) is 4.20. The molecule has 2 rings (SSSR count). The SMILES string of the molecule is CNCc1ccc(S(=O)(=O)Nc2cc(OC)ccc2Br)o1. The van der Waals surface area contributed by atoms with Gasteiger partial charge in [0.1, 0.15) is 11.5 Å². The van der Waals surface area contributed by atoms with E-state index in [4.69, 9.17) is 9.15 Å². The summed E-state index contributed by atoms with van der Waals surface area (Å²) in [4.78, 5) is 0. The van der Waals surface area contributed by atoms with E-state index >= 15 is 0 Å². The van der Waals surface area contributed by atoms with Crippen molar-refractivity contribution in [2.24, 2.45) is 0 Å². The largest absolute Gasteiger partial charge is 0.497 e. The summed E-state index contributed by atoms with van der Waals surface area (Å²) in [7, 11) is -0.524. The first-order valence-electron chi connectivity index (χ1n) is 6.06. The van der Waals surface area contributed by atoms with E-state index < -0.39 is 10.0 Å². The van der Waals surface area contributed by atoms with Gasteiger partial charge in [0.2, 0.25) is 5.09 Å². The number of ether oxygens (including phenoxy) is 1. The summed E-state index contributed by atoms with van der Waals surface area (Å²) in [5.41, 5.74) is 0.376. The highest BCUT2D eigenvalue weighted by molar-refractivity contribution is 9.10. The zero-order chi connectivity index (χ0) is 15.5. The lowest BCUT2D eigenvalue weighted by Crippen LogP contribution is -2.12. The molecule has 0 radical (unpaired) electrons. The van der Waals surface area contributed by atoms with Gasteiger partial charge in [-0.05, 0) is 47.2 Å². The van der Waals surface area contributed by atoms with Crippen LogP contribution in [0.4, 0.5) is 5.69 Å². The van der Waals surface area contributed by atoms with E-state index in [1.54, 1.807) is 31.3 Å². The number of benzene rings is 1. The van der Waals surface area contributed by atoms with Crippen molar-refractivity contribution < 1.29 is 17.6 Å². The molecule has 0 bridgehead atoms. The lowest BCUT2D eigenvalue weighted by atomic mass is 10.3. The van der Waals surface area contributed by atoms with Crippen LogP contribution in [0.5, 0.6) is 5.75 Å². The number of furan rings is 1. The first kappa shape index (κ1) is 15.9. The molecule has 21 heavy (non-hydrogen) atoms. The van der Waals surface area contributed by atoms with E-state index in [0.717, 1.165) is 0 Å². The van der Waals surface area contributed by atoms with E-state index in [9.17, 15) is 8.42 Å². The molecule has 2 N–H and O–H groups in total. The van der Waals surface area contributed by atoms with Gasteiger partial charge in [0.25, 0.3) is 10.0 Å². The lowest BCUT2D eigenvalue weighted by molar-refractivity contribution is 0.408. The van der Waals surface area contributed by atoms with E-state index in [1.807, 2.05) is 0 Å². The Kier molecular flexibility index (Phi) is 4.92. The molecule has 0 aliphatic carbocycles. The van der Waals surface area contributed by atoms with Crippen LogP contribution in [0, 0.1) is 0 Å². The Balaban J connectivity index is 2.28. The van der Waals surface area contributed by atoms with E-state index in [1.165, 1.54) is 13.2 Å². The zero-order valence-corrected chi connectivity index (χ0v) is 13.9. The number of anilines is 1. The Hall–Kier alpha value is -1.51. The van der Waals surface area contributed by atoms with Crippen LogP contribution in [0.1, 0.15) is 5.76 Å². The number of hydrogen-bond donors (Lipinski definition) is 2. The molecule has 6 nitrogen and oxygen atoms in total. The van der Waals surface area contributed by atoms with Gasteiger partial charge in [0, 0.05) is 10.5 Å². The predicted octanol–water partition coefficient (Wildman–Crippen LogP) is 2.57. The zero-order valence-electron chi connectivity index (χ0n) is 11.5. The number of hydrogen-bond acceptors (Lipinski definition) is 5. The van der Waals surface area contributed by atoms with Gasteiger partial charge in [0.15, 0.2) is 0 Å². The van der Waals surface area contributed by atoms with Crippen LogP contribution in [-0.4, -0.2) is 22.6 Å². The maximum Gasteiger partial charge on any atom is 0.295 e. The van der Waals surface area contributed by atoms with Crippen LogP contribution in [0.25, 0.3) is 0 Å². The van der Waals surface area contributed by atoms with Crippen molar-refractivity contribution in [3.63, 3.8) is 0 Å². The standard InChI is InChI=1S/C13H15BrN2O4S/c1-15-8-10-4-6-13(20-10)21(17,18)16-12-7-9(19-2)3-5-11(12)14/h3-7,15-16H,8H2,1-2H3. The second kappa shape index (κ2) is 6.50. The molecule has 0 aliphatic heterocycles. The number of nitrogens with one attached hydrogen (secondary N) is 2. The minimum atomic E-state index is -3.79.